The summed E-state index contributed by atoms with van der Waals surface area (Å²) in [6.07, 6.45) is 3.09. The molecule has 0 spiro atoms. The van der Waals surface area contributed by atoms with Crippen molar-refractivity contribution >= 4 is 5.78 Å². The topological polar surface area (TPSA) is 30.2 Å². The van der Waals surface area contributed by atoms with Crippen LogP contribution in [0.5, 0.6) is 0 Å². The highest BCUT2D eigenvalue weighted by molar-refractivity contribution is 5.93. The van der Waals surface area contributed by atoms with Gasteiger partial charge < -0.3 is 4.42 Å². The summed E-state index contributed by atoms with van der Waals surface area (Å²) in [6, 6.07) is 17.1. The first kappa shape index (κ1) is 13.8. The van der Waals surface area contributed by atoms with Gasteiger partial charge in [-0.25, -0.2) is 0 Å². The average Bonchev–Trinajstić information content (AvgIpc) is 3.26. The third-order valence-electron chi connectivity index (χ3n) is 5.42. The zero-order valence-electron chi connectivity index (χ0n) is 13.6. The lowest BCUT2D eigenvalue weighted by Crippen LogP contribution is -2.00. The Morgan fingerprint density at radius 2 is 1.50 bits per heavy atom. The van der Waals surface area contributed by atoms with E-state index < -0.39 is 0 Å². The SMILES string of the molecule is CC(=O)c1oc(C2c3ccccc3-c3ccccc32)c2c1CCC2. The smallest absolute Gasteiger partial charge is 0.195 e. The molecule has 0 saturated carbocycles. The lowest BCUT2D eigenvalue weighted by atomic mass is 9.91. The largest absolute Gasteiger partial charge is 0.456 e. The summed E-state index contributed by atoms with van der Waals surface area (Å²) in [5.41, 5.74) is 7.57. The van der Waals surface area contributed by atoms with Crippen LogP contribution in [0.15, 0.2) is 52.9 Å². The van der Waals surface area contributed by atoms with Gasteiger partial charge in [0.1, 0.15) is 5.76 Å². The molecule has 0 amide bonds. The summed E-state index contributed by atoms with van der Waals surface area (Å²) in [6.45, 7) is 1.61. The molecule has 0 N–H and O–H groups in total. The molecule has 2 aliphatic rings. The second-order valence-electron chi connectivity index (χ2n) is 6.77. The van der Waals surface area contributed by atoms with Crippen LogP contribution in [0.2, 0.25) is 0 Å². The van der Waals surface area contributed by atoms with E-state index in [1.807, 2.05) is 0 Å². The van der Waals surface area contributed by atoms with Gasteiger partial charge in [0, 0.05) is 12.5 Å². The van der Waals surface area contributed by atoms with Gasteiger partial charge in [0.05, 0.1) is 5.92 Å². The molecule has 2 aliphatic carbocycles. The summed E-state index contributed by atoms with van der Waals surface area (Å²) < 4.78 is 6.20. The van der Waals surface area contributed by atoms with Crippen LogP contribution in [0.4, 0.5) is 0 Å². The molecule has 1 aromatic heterocycles. The number of furan rings is 1. The Bertz CT molecular complexity index is 932. The fourth-order valence-corrected chi connectivity index (χ4v) is 4.45. The van der Waals surface area contributed by atoms with Crippen molar-refractivity contribution in [1.29, 1.82) is 0 Å². The second-order valence-corrected chi connectivity index (χ2v) is 6.77. The van der Waals surface area contributed by atoms with E-state index in [0.717, 1.165) is 30.6 Å². The number of benzene rings is 2. The van der Waals surface area contributed by atoms with Gasteiger partial charge in [0.2, 0.25) is 0 Å². The Morgan fingerprint density at radius 1 is 0.917 bits per heavy atom. The molecule has 0 bridgehead atoms. The number of hydrogen-bond donors (Lipinski definition) is 0. The minimum absolute atomic E-state index is 0.0407. The summed E-state index contributed by atoms with van der Waals surface area (Å²) >= 11 is 0. The number of Topliss-reactive ketones (excluding diaryl/α,β-unsaturated/α-hetero) is 1. The summed E-state index contributed by atoms with van der Waals surface area (Å²) in [5, 5.41) is 0. The third-order valence-corrected chi connectivity index (χ3v) is 5.42. The molecule has 118 valence electrons. The molecule has 0 radical (unpaired) electrons. The lowest BCUT2D eigenvalue weighted by molar-refractivity contribution is 0.0984. The van der Waals surface area contributed by atoms with Crippen molar-refractivity contribution in [3.8, 4) is 11.1 Å². The van der Waals surface area contributed by atoms with Crippen LogP contribution in [0.1, 0.15) is 57.8 Å². The van der Waals surface area contributed by atoms with Gasteiger partial charge in [-0.1, -0.05) is 48.5 Å². The molecule has 0 unspecified atom stereocenters. The van der Waals surface area contributed by atoms with E-state index in [0.29, 0.717) is 5.76 Å². The van der Waals surface area contributed by atoms with Crippen LogP contribution >= 0.6 is 0 Å². The van der Waals surface area contributed by atoms with E-state index in [1.165, 1.54) is 27.8 Å². The molecule has 0 atom stereocenters. The third kappa shape index (κ3) is 1.74. The molecule has 24 heavy (non-hydrogen) atoms. The van der Waals surface area contributed by atoms with Crippen molar-refractivity contribution in [1.82, 2.24) is 0 Å². The monoisotopic (exact) mass is 314 g/mol. The van der Waals surface area contributed by atoms with Gasteiger partial charge in [-0.2, -0.15) is 0 Å². The summed E-state index contributed by atoms with van der Waals surface area (Å²) in [4.78, 5) is 12.0. The Labute approximate surface area is 141 Å². The summed E-state index contributed by atoms with van der Waals surface area (Å²) in [5.74, 6) is 1.72. The van der Waals surface area contributed by atoms with E-state index in [4.69, 9.17) is 4.42 Å². The number of rotatable bonds is 2. The van der Waals surface area contributed by atoms with Crippen LogP contribution in [-0.4, -0.2) is 5.78 Å². The van der Waals surface area contributed by atoms with Gasteiger partial charge in [-0.3, -0.25) is 4.79 Å². The van der Waals surface area contributed by atoms with Gasteiger partial charge in [0.15, 0.2) is 11.5 Å². The fraction of sp³-hybridized carbons (Fsp3) is 0.227. The zero-order chi connectivity index (χ0) is 16.3. The van der Waals surface area contributed by atoms with E-state index in [1.54, 1.807) is 6.92 Å². The van der Waals surface area contributed by atoms with Crippen molar-refractivity contribution in [2.75, 3.05) is 0 Å². The van der Waals surface area contributed by atoms with E-state index in [9.17, 15) is 4.79 Å². The Morgan fingerprint density at radius 3 is 2.12 bits per heavy atom. The molecule has 2 aromatic carbocycles. The highest BCUT2D eigenvalue weighted by Crippen LogP contribution is 2.50. The Hall–Kier alpha value is -2.61. The maximum atomic E-state index is 12.0. The first-order valence-electron chi connectivity index (χ1n) is 8.59. The van der Waals surface area contributed by atoms with Crippen LogP contribution in [0, 0.1) is 0 Å². The van der Waals surface area contributed by atoms with Crippen LogP contribution < -0.4 is 0 Å². The number of fused-ring (bicyclic) bond motifs is 4. The van der Waals surface area contributed by atoms with E-state index >= 15 is 0 Å². The Balaban J connectivity index is 1.79. The maximum absolute atomic E-state index is 12.0. The standard InChI is InChI=1S/C22H18O2/c1-13(23)21-18-11-6-12-19(18)22(24-21)20-16-9-4-2-7-14(16)15-8-3-5-10-17(15)20/h2-5,7-10,20H,6,11-12H2,1H3. The van der Waals surface area contributed by atoms with Crippen molar-refractivity contribution < 1.29 is 9.21 Å². The van der Waals surface area contributed by atoms with Gasteiger partial charge in [-0.15, -0.1) is 0 Å². The number of ketones is 1. The first-order valence-corrected chi connectivity index (χ1v) is 8.59. The second kappa shape index (κ2) is 4.94. The van der Waals surface area contributed by atoms with Gasteiger partial charge in [0.25, 0.3) is 0 Å². The van der Waals surface area contributed by atoms with E-state index in [-0.39, 0.29) is 11.7 Å². The molecule has 0 aliphatic heterocycles. The highest BCUT2D eigenvalue weighted by atomic mass is 16.3. The summed E-state index contributed by atoms with van der Waals surface area (Å²) in [7, 11) is 0. The molecule has 2 heteroatoms. The highest BCUT2D eigenvalue weighted by Gasteiger charge is 2.36. The number of carbonyl (C=O) groups is 1. The number of carbonyl (C=O) groups excluding carboxylic acids is 1. The quantitative estimate of drug-likeness (QED) is 0.480. The molecular formula is C22H18O2. The lowest BCUT2D eigenvalue weighted by Gasteiger charge is -2.12. The minimum Gasteiger partial charge on any atom is -0.456 e. The molecule has 5 rings (SSSR count). The maximum Gasteiger partial charge on any atom is 0.195 e. The average molecular weight is 314 g/mol. The molecule has 0 saturated heterocycles. The van der Waals surface area contributed by atoms with E-state index in [2.05, 4.69) is 48.5 Å². The van der Waals surface area contributed by atoms with Gasteiger partial charge >= 0.3 is 0 Å². The first-order chi connectivity index (χ1) is 11.8. The molecule has 0 fully saturated rings. The van der Waals surface area contributed by atoms with Gasteiger partial charge in [-0.05, 0) is 47.1 Å². The Kier molecular flexibility index (Phi) is 2.84. The molecule has 2 nitrogen and oxygen atoms in total. The molecule has 1 heterocycles. The van der Waals surface area contributed by atoms with Crippen molar-refractivity contribution in [2.45, 2.75) is 32.1 Å². The van der Waals surface area contributed by atoms with Crippen molar-refractivity contribution in [2.24, 2.45) is 0 Å². The predicted molar refractivity (Wildman–Crippen MR) is 93.6 cm³/mol. The van der Waals surface area contributed by atoms with Crippen molar-refractivity contribution in [3.63, 3.8) is 0 Å². The zero-order valence-corrected chi connectivity index (χ0v) is 13.6. The predicted octanol–water partition coefficient (Wildman–Crippen LogP) is 5.13. The van der Waals surface area contributed by atoms with Crippen molar-refractivity contribution in [3.05, 3.63) is 82.3 Å². The van der Waals surface area contributed by atoms with Crippen LogP contribution in [0.25, 0.3) is 11.1 Å². The molecular weight excluding hydrogens is 296 g/mol. The minimum atomic E-state index is 0.0407. The molecule has 3 aromatic rings. The fourth-order valence-electron chi connectivity index (χ4n) is 4.45. The normalized spacial score (nSPS) is 15.2. The van der Waals surface area contributed by atoms with Crippen LogP contribution in [-0.2, 0) is 12.8 Å². The number of hydrogen-bond acceptors (Lipinski definition) is 2. The van der Waals surface area contributed by atoms with Crippen LogP contribution in [0.3, 0.4) is 0 Å².